The van der Waals surface area contributed by atoms with Gasteiger partial charge in [0.1, 0.15) is 0 Å². The Morgan fingerprint density at radius 2 is 1.58 bits per heavy atom. The lowest BCUT2D eigenvalue weighted by atomic mass is 10.0. The van der Waals surface area contributed by atoms with E-state index in [1.165, 1.54) is 0 Å². The highest BCUT2D eigenvalue weighted by atomic mass is 16.1. The van der Waals surface area contributed by atoms with Gasteiger partial charge in [0.25, 0.3) is 5.91 Å². The molecule has 0 bridgehead atoms. The first kappa shape index (κ1) is 15.3. The van der Waals surface area contributed by atoms with Gasteiger partial charge < -0.3 is 21.4 Å². The van der Waals surface area contributed by atoms with Gasteiger partial charge in [-0.1, -0.05) is 12.1 Å². The van der Waals surface area contributed by atoms with E-state index in [1.54, 1.807) is 42.5 Å². The molecule has 0 saturated carbocycles. The zero-order chi connectivity index (χ0) is 17.1. The lowest BCUT2D eigenvalue weighted by Crippen LogP contribution is -2.11. The molecule has 3 rings (SSSR count). The van der Waals surface area contributed by atoms with E-state index in [1.807, 2.05) is 0 Å². The highest BCUT2D eigenvalue weighted by Crippen LogP contribution is 2.32. The maximum Gasteiger partial charge on any atom is 0.251 e. The highest BCUT2D eigenvalue weighted by molar-refractivity contribution is 6.12. The highest BCUT2D eigenvalue weighted by Gasteiger charge is 2.18. The number of primary amides is 1. The number of hydrogen-bond donors (Lipinski definition) is 4. The van der Waals surface area contributed by atoms with Gasteiger partial charge in [-0.25, -0.2) is 0 Å². The summed E-state index contributed by atoms with van der Waals surface area (Å²) in [6.45, 7) is 0. The Morgan fingerprint density at radius 3 is 2.21 bits per heavy atom. The van der Waals surface area contributed by atoms with Crippen molar-refractivity contribution in [1.82, 2.24) is 4.98 Å². The van der Waals surface area contributed by atoms with Crippen LogP contribution in [0.3, 0.4) is 0 Å². The second-order valence-electron chi connectivity index (χ2n) is 5.10. The lowest BCUT2D eigenvalue weighted by molar-refractivity contribution is -0.106. The van der Waals surface area contributed by atoms with Crippen LogP contribution in [0.2, 0.25) is 0 Å². The minimum atomic E-state index is -0.574. The summed E-state index contributed by atoms with van der Waals surface area (Å²) < 4.78 is 0. The fourth-order valence-corrected chi connectivity index (χ4v) is 2.62. The Bertz CT molecular complexity index is 929. The molecule has 0 saturated heterocycles. The summed E-state index contributed by atoms with van der Waals surface area (Å²) in [5.74, 6) is -0.574. The van der Waals surface area contributed by atoms with Crippen molar-refractivity contribution in [1.29, 1.82) is 0 Å². The molecule has 0 spiro atoms. The molecule has 7 nitrogen and oxygen atoms in total. The van der Waals surface area contributed by atoms with Gasteiger partial charge in [0.15, 0.2) is 0 Å². The number of aromatic amines is 1. The third-order valence-electron chi connectivity index (χ3n) is 3.67. The molecule has 24 heavy (non-hydrogen) atoms. The number of anilines is 2. The zero-order valence-electron chi connectivity index (χ0n) is 12.5. The van der Waals surface area contributed by atoms with Crippen LogP contribution >= 0.6 is 0 Å². The Kier molecular flexibility index (Phi) is 3.98. The Morgan fingerprint density at radius 1 is 0.958 bits per heavy atom. The number of H-pyrrole nitrogens is 1. The minimum Gasteiger partial charge on any atom is -0.366 e. The first-order valence-corrected chi connectivity index (χ1v) is 7.10. The zero-order valence-corrected chi connectivity index (χ0v) is 12.5. The molecular weight excluding hydrogens is 308 g/mol. The summed E-state index contributed by atoms with van der Waals surface area (Å²) >= 11 is 0. The quantitative estimate of drug-likeness (QED) is 0.520. The van der Waals surface area contributed by atoms with Crippen molar-refractivity contribution in [3.05, 3.63) is 48.0 Å². The summed E-state index contributed by atoms with van der Waals surface area (Å²) in [6.07, 6.45) is 1.16. The SMILES string of the molecule is NC(=O)c1c(-c2ccc(NC=O)cc2)[nH]c2ccc(NC=O)cc12. The number of amides is 3. The third kappa shape index (κ3) is 2.70. The number of carbonyl (C=O) groups excluding carboxylic acids is 3. The molecule has 0 aliphatic carbocycles. The van der Waals surface area contributed by atoms with Gasteiger partial charge >= 0.3 is 0 Å². The number of carbonyl (C=O) groups is 3. The summed E-state index contributed by atoms with van der Waals surface area (Å²) in [6, 6.07) is 12.2. The minimum absolute atomic E-state index is 0.343. The van der Waals surface area contributed by atoms with Crippen LogP contribution in [-0.2, 0) is 9.59 Å². The molecule has 1 heterocycles. The van der Waals surface area contributed by atoms with Crippen molar-refractivity contribution in [3.8, 4) is 11.3 Å². The van der Waals surface area contributed by atoms with Crippen LogP contribution in [0.4, 0.5) is 11.4 Å². The number of hydrogen-bond acceptors (Lipinski definition) is 3. The standard InChI is InChI=1S/C17H14N4O3/c18-17(24)15-13-7-12(20-9-23)5-6-14(13)21-16(15)10-1-3-11(4-2-10)19-8-22/h1-9,21H,(H2,18,24)(H,19,22)(H,20,23). The third-order valence-corrected chi connectivity index (χ3v) is 3.67. The maximum atomic E-state index is 12.0. The fraction of sp³-hybridized carbons (Fsp3) is 0. The van der Waals surface area contributed by atoms with Crippen molar-refractivity contribution in [2.24, 2.45) is 5.73 Å². The van der Waals surface area contributed by atoms with E-state index in [-0.39, 0.29) is 0 Å². The van der Waals surface area contributed by atoms with Crippen molar-refractivity contribution < 1.29 is 14.4 Å². The molecule has 0 aliphatic rings. The summed E-state index contributed by atoms with van der Waals surface area (Å²) in [5.41, 5.74) is 9.17. The lowest BCUT2D eigenvalue weighted by Gasteiger charge is -2.04. The number of nitrogens with one attached hydrogen (secondary N) is 3. The average molecular weight is 322 g/mol. The molecule has 0 radical (unpaired) electrons. The van der Waals surface area contributed by atoms with Crippen LogP contribution in [0.15, 0.2) is 42.5 Å². The second kappa shape index (κ2) is 6.25. The van der Waals surface area contributed by atoms with E-state index in [9.17, 15) is 14.4 Å². The maximum absolute atomic E-state index is 12.0. The fourth-order valence-electron chi connectivity index (χ4n) is 2.62. The number of fused-ring (bicyclic) bond motifs is 1. The topological polar surface area (TPSA) is 117 Å². The molecule has 0 aliphatic heterocycles. The monoisotopic (exact) mass is 322 g/mol. The van der Waals surface area contributed by atoms with Crippen molar-refractivity contribution in [3.63, 3.8) is 0 Å². The molecule has 2 aromatic carbocycles. The normalized spacial score (nSPS) is 10.3. The van der Waals surface area contributed by atoms with Crippen LogP contribution in [0.1, 0.15) is 10.4 Å². The van der Waals surface area contributed by atoms with Crippen LogP contribution in [0, 0.1) is 0 Å². The van der Waals surface area contributed by atoms with Gasteiger partial charge in [0.2, 0.25) is 12.8 Å². The Balaban J connectivity index is 2.16. The summed E-state index contributed by atoms with van der Waals surface area (Å²) in [7, 11) is 0. The van der Waals surface area contributed by atoms with Gasteiger partial charge in [0, 0.05) is 22.3 Å². The molecule has 0 atom stereocenters. The van der Waals surface area contributed by atoms with E-state index in [2.05, 4.69) is 15.6 Å². The first-order chi connectivity index (χ1) is 11.6. The molecule has 1 aromatic heterocycles. The largest absolute Gasteiger partial charge is 0.366 e. The molecule has 5 N–H and O–H groups in total. The van der Waals surface area contributed by atoms with Crippen LogP contribution in [-0.4, -0.2) is 23.7 Å². The molecular formula is C17H14N4O3. The van der Waals surface area contributed by atoms with Gasteiger partial charge in [-0.05, 0) is 35.9 Å². The molecule has 0 unspecified atom stereocenters. The number of benzene rings is 2. The molecule has 3 amide bonds. The van der Waals surface area contributed by atoms with Crippen LogP contribution in [0.5, 0.6) is 0 Å². The molecule has 120 valence electrons. The van der Waals surface area contributed by atoms with Gasteiger partial charge in [-0.2, -0.15) is 0 Å². The van der Waals surface area contributed by atoms with Crippen LogP contribution in [0.25, 0.3) is 22.2 Å². The molecule has 7 heteroatoms. The summed E-state index contributed by atoms with van der Waals surface area (Å²) in [5, 5.41) is 5.72. The number of rotatable bonds is 6. The van der Waals surface area contributed by atoms with Gasteiger partial charge in [-0.3, -0.25) is 14.4 Å². The van der Waals surface area contributed by atoms with E-state index < -0.39 is 5.91 Å². The van der Waals surface area contributed by atoms with Gasteiger partial charge in [-0.15, -0.1) is 0 Å². The Labute approximate surface area is 136 Å². The van der Waals surface area contributed by atoms with E-state index >= 15 is 0 Å². The average Bonchev–Trinajstić information content (AvgIpc) is 2.95. The van der Waals surface area contributed by atoms with Crippen molar-refractivity contribution >= 4 is 41.0 Å². The van der Waals surface area contributed by atoms with Gasteiger partial charge in [0.05, 0.1) is 11.3 Å². The first-order valence-electron chi connectivity index (χ1n) is 7.10. The number of nitrogens with two attached hydrogens (primary N) is 1. The van der Waals surface area contributed by atoms with Crippen LogP contribution < -0.4 is 16.4 Å². The molecule has 0 fully saturated rings. The molecule has 3 aromatic rings. The summed E-state index contributed by atoms with van der Waals surface area (Å²) in [4.78, 5) is 36.2. The predicted octanol–water partition coefficient (Wildman–Crippen LogP) is 2.07. The van der Waals surface area contributed by atoms with Crippen molar-refractivity contribution in [2.45, 2.75) is 0 Å². The predicted molar refractivity (Wildman–Crippen MR) is 91.6 cm³/mol. The van der Waals surface area contributed by atoms with E-state index in [4.69, 9.17) is 5.73 Å². The van der Waals surface area contributed by atoms with E-state index in [0.717, 1.165) is 11.1 Å². The number of aromatic nitrogens is 1. The Hall–Kier alpha value is -3.61. The smallest absolute Gasteiger partial charge is 0.251 e. The van der Waals surface area contributed by atoms with E-state index in [0.29, 0.717) is 40.8 Å². The second-order valence-corrected chi connectivity index (χ2v) is 5.10. The van der Waals surface area contributed by atoms with Crippen molar-refractivity contribution in [2.75, 3.05) is 10.6 Å².